The number of ketones is 1. The van der Waals surface area contributed by atoms with E-state index in [9.17, 15) is 10.1 Å². The van der Waals surface area contributed by atoms with Gasteiger partial charge in [0.15, 0.2) is 5.78 Å². The fraction of sp³-hybridized carbons (Fsp3) is 0.529. The van der Waals surface area contributed by atoms with Crippen LogP contribution in [0, 0.1) is 11.3 Å². The number of allylic oxidation sites excluding steroid dienone is 1. The lowest BCUT2D eigenvalue weighted by molar-refractivity contribution is 0.103. The summed E-state index contributed by atoms with van der Waals surface area (Å²) in [4.78, 5) is 13.6. The summed E-state index contributed by atoms with van der Waals surface area (Å²) >= 11 is 3.06. The molecule has 1 aromatic rings. The lowest BCUT2D eigenvalue weighted by Gasteiger charge is -2.22. The molecule has 0 atom stereocenters. The summed E-state index contributed by atoms with van der Waals surface area (Å²) in [5.74, 6) is 0.415. The molecule has 1 aliphatic carbocycles. The number of thioether (sulfide) groups is 1. The van der Waals surface area contributed by atoms with Crippen LogP contribution in [0.5, 0.6) is 0 Å². The molecule has 5 heteroatoms. The van der Waals surface area contributed by atoms with E-state index in [1.807, 2.05) is 13.2 Å². The number of carbonyl (C=O) groups is 1. The van der Waals surface area contributed by atoms with Crippen molar-refractivity contribution in [3.05, 3.63) is 27.8 Å². The van der Waals surface area contributed by atoms with E-state index in [4.69, 9.17) is 0 Å². The summed E-state index contributed by atoms with van der Waals surface area (Å²) in [6.45, 7) is 1.83. The first-order valence-electron chi connectivity index (χ1n) is 7.63. The summed E-state index contributed by atoms with van der Waals surface area (Å²) in [6, 6.07) is 2.36. The molecule has 0 unspecified atom stereocenters. The molecule has 0 aromatic carbocycles. The fourth-order valence-corrected chi connectivity index (χ4v) is 5.10. The second kappa shape index (κ2) is 7.85. The Morgan fingerprint density at radius 1 is 1.41 bits per heavy atom. The van der Waals surface area contributed by atoms with E-state index in [0.717, 1.165) is 33.1 Å². The van der Waals surface area contributed by atoms with Gasteiger partial charge in [-0.2, -0.15) is 5.26 Å². The van der Waals surface area contributed by atoms with Crippen molar-refractivity contribution in [2.24, 2.45) is 0 Å². The predicted octanol–water partition coefficient (Wildman–Crippen LogP) is 4.70. The van der Waals surface area contributed by atoms with Gasteiger partial charge in [0.1, 0.15) is 6.07 Å². The lowest BCUT2D eigenvalue weighted by atomic mass is 9.82. The summed E-state index contributed by atoms with van der Waals surface area (Å²) in [6.07, 6.45) is 9.54. The highest BCUT2D eigenvalue weighted by Gasteiger charge is 2.29. The predicted molar refractivity (Wildman–Crippen MR) is 93.8 cm³/mol. The molecule has 22 heavy (non-hydrogen) atoms. The molecule has 1 aromatic heterocycles. The zero-order chi connectivity index (χ0) is 16.1. The van der Waals surface area contributed by atoms with Crippen LogP contribution in [-0.4, -0.2) is 19.1 Å². The van der Waals surface area contributed by atoms with Crippen LogP contribution in [0.3, 0.4) is 0 Å². The number of hydrogen-bond acceptors (Lipinski definition) is 5. The van der Waals surface area contributed by atoms with Gasteiger partial charge >= 0.3 is 0 Å². The molecule has 1 N–H and O–H groups in total. The average Bonchev–Trinajstić information content (AvgIpc) is 2.93. The standard InChI is InChI=1S/C17H22N2OS2/c1-11(10-19-2)15(20)16-14(12-7-5-4-6-8-12)13(9-18)17(21-3)22-16/h10,12,19H,4-8H2,1-3H3/b11-10+. The minimum atomic E-state index is 0.0525. The van der Waals surface area contributed by atoms with Crippen LogP contribution in [0.4, 0.5) is 0 Å². The summed E-state index contributed by atoms with van der Waals surface area (Å²) in [5, 5.41) is 12.5. The van der Waals surface area contributed by atoms with Crippen molar-refractivity contribution < 1.29 is 4.79 Å². The normalized spacial score (nSPS) is 16.4. The number of rotatable bonds is 5. The highest BCUT2D eigenvalue weighted by molar-refractivity contribution is 8.00. The molecule has 0 amide bonds. The van der Waals surface area contributed by atoms with Gasteiger partial charge in [0.2, 0.25) is 0 Å². The first kappa shape index (κ1) is 17.1. The minimum absolute atomic E-state index is 0.0525. The molecular weight excluding hydrogens is 312 g/mol. The quantitative estimate of drug-likeness (QED) is 0.482. The van der Waals surface area contributed by atoms with E-state index in [1.54, 1.807) is 25.0 Å². The van der Waals surface area contributed by atoms with Crippen molar-refractivity contribution in [1.82, 2.24) is 5.32 Å². The van der Waals surface area contributed by atoms with Crippen LogP contribution in [0.1, 0.15) is 65.7 Å². The maximum atomic E-state index is 12.8. The molecule has 2 rings (SSSR count). The maximum absolute atomic E-state index is 12.8. The third-order valence-corrected chi connectivity index (χ3v) is 6.47. The smallest absolute Gasteiger partial charge is 0.200 e. The molecule has 1 saturated carbocycles. The van der Waals surface area contributed by atoms with E-state index in [0.29, 0.717) is 11.5 Å². The largest absolute Gasteiger partial charge is 0.394 e. The molecule has 0 radical (unpaired) electrons. The third-order valence-electron chi connectivity index (χ3n) is 4.15. The van der Waals surface area contributed by atoms with Crippen molar-refractivity contribution >= 4 is 28.9 Å². The van der Waals surface area contributed by atoms with Crippen LogP contribution < -0.4 is 5.32 Å². The molecule has 0 aliphatic heterocycles. The van der Waals surface area contributed by atoms with E-state index in [2.05, 4.69) is 11.4 Å². The van der Waals surface area contributed by atoms with Crippen molar-refractivity contribution in [3.63, 3.8) is 0 Å². The van der Waals surface area contributed by atoms with E-state index >= 15 is 0 Å². The van der Waals surface area contributed by atoms with Gasteiger partial charge in [-0.25, -0.2) is 0 Å². The molecule has 1 aliphatic rings. The molecular formula is C17H22N2OS2. The summed E-state index contributed by atoms with van der Waals surface area (Å²) < 4.78 is 0.976. The number of carbonyl (C=O) groups excluding carboxylic acids is 1. The van der Waals surface area contributed by atoms with Crippen LogP contribution in [0.25, 0.3) is 0 Å². The number of hydrogen-bond donors (Lipinski definition) is 1. The zero-order valence-electron chi connectivity index (χ0n) is 13.4. The number of nitriles is 1. The van der Waals surface area contributed by atoms with Gasteiger partial charge in [-0.3, -0.25) is 4.79 Å². The summed E-state index contributed by atoms with van der Waals surface area (Å²) in [7, 11) is 1.79. The molecule has 1 fully saturated rings. The second-order valence-corrected chi connectivity index (χ2v) is 7.70. The molecule has 118 valence electrons. The number of thiophene rings is 1. The fourth-order valence-electron chi connectivity index (χ4n) is 3.08. The first-order valence-corrected chi connectivity index (χ1v) is 9.67. The SMILES string of the molecule is CN/C=C(\C)C(=O)c1sc(SC)c(C#N)c1C1CCCCC1. The zero-order valence-corrected chi connectivity index (χ0v) is 15.0. The summed E-state index contributed by atoms with van der Waals surface area (Å²) in [5.41, 5.74) is 2.45. The van der Waals surface area contributed by atoms with Crippen molar-refractivity contribution in [2.45, 2.75) is 49.2 Å². The lowest BCUT2D eigenvalue weighted by Crippen LogP contribution is -2.11. The number of nitrogens with one attached hydrogen (secondary N) is 1. The van der Waals surface area contributed by atoms with Gasteiger partial charge in [0.05, 0.1) is 14.6 Å². The van der Waals surface area contributed by atoms with Gasteiger partial charge in [-0.1, -0.05) is 19.3 Å². The van der Waals surface area contributed by atoms with Crippen molar-refractivity contribution in [2.75, 3.05) is 13.3 Å². The van der Waals surface area contributed by atoms with Crippen LogP contribution in [0.2, 0.25) is 0 Å². The molecule has 0 bridgehead atoms. The molecule has 1 heterocycles. The van der Waals surface area contributed by atoms with Crippen LogP contribution in [0.15, 0.2) is 16.0 Å². The Balaban J connectivity index is 2.52. The Hall–Kier alpha value is -1.25. The van der Waals surface area contributed by atoms with Crippen molar-refractivity contribution in [3.8, 4) is 6.07 Å². The molecule has 0 saturated heterocycles. The Kier molecular flexibility index (Phi) is 6.10. The highest BCUT2D eigenvalue weighted by Crippen LogP contribution is 2.44. The Morgan fingerprint density at radius 2 is 2.09 bits per heavy atom. The second-order valence-electron chi connectivity index (χ2n) is 5.60. The van der Waals surface area contributed by atoms with Crippen LogP contribution >= 0.6 is 23.1 Å². The Bertz CT molecular complexity index is 619. The minimum Gasteiger partial charge on any atom is -0.394 e. The van der Waals surface area contributed by atoms with Gasteiger partial charge in [-0.15, -0.1) is 23.1 Å². The monoisotopic (exact) mass is 334 g/mol. The maximum Gasteiger partial charge on any atom is 0.200 e. The third kappa shape index (κ3) is 3.39. The van der Waals surface area contributed by atoms with E-state index in [-0.39, 0.29) is 5.78 Å². The highest BCUT2D eigenvalue weighted by atomic mass is 32.2. The van der Waals surface area contributed by atoms with E-state index < -0.39 is 0 Å². The average molecular weight is 335 g/mol. The van der Waals surface area contributed by atoms with Gasteiger partial charge in [0.25, 0.3) is 0 Å². The van der Waals surface area contributed by atoms with Gasteiger partial charge in [-0.05, 0) is 37.5 Å². The number of nitrogens with zero attached hydrogens (tertiary/aromatic N) is 1. The van der Waals surface area contributed by atoms with Gasteiger partial charge in [0, 0.05) is 18.8 Å². The first-order chi connectivity index (χ1) is 10.6. The Morgan fingerprint density at radius 3 is 2.64 bits per heavy atom. The van der Waals surface area contributed by atoms with Gasteiger partial charge < -0.3 is 5.32 Å². The topological polar surface area (TPSA) is 52.9 Å². The molecule has 0 spiro atoms. The van der Waals surface area contributed by atoms with E-state index in [1.165, 1.54) is 30.6 Å². The van der Waals surface area contributed by atoms with Crippen LogP contribution in [-0.2, 0) is 0 Å². The Labute approximate surface area is 140 Å². The van der Waals surface area contributed by atoms with Crippen molar-refractivity contribution in [1.29, 1.82) is 5.26 Å². The number of Topliss-reactive ketones (excluding diaryl/α,β-unsaturated/α-hetero) is 1. The molecule has 3 nitrogen and oxygen atoms in total.